The number of pyridine rings is 1. The van der Waals surface area contributed by atoms with Gasteiger partial charge in [-0.1, -0.05) is 20.8 Å². The number of aromatic amines is 2. The first-order valence-corrected chi connectivity index (χ1v) is 11.8. The SMILES string of the molecule is CN1CCN(c2ccc3nc(-c4c(N)c5cc(NC(=O)C(C)(C)C)ccc5[nH]c4=O)[nH]c3c2)CC1. The van der Waals surface area contributed by atoms with Crippen LogP contribution in [0.3, 0.4) is 0 Å². The van der Waals surface area contributed by atoms with Gasteiger partial charge in [0.1, 0.15) is 11.4 Å². The number of carbonyl (C=O) groups excluding carboxylic acids is 1. The Balaban J connectivity index is 1.53. The van der Waals surface area contributed by atoms with E-state index in [2.05, 4.69) is 49.2 Å². The second kappa shape index (κ2) is 8.42. The van der Waals surface area contributed by atoms with Gasteiger partial charge < -0.3 is 30.8 Å². The standard InChI is InChI=1S/C26H31N7O2/c1-26(2,3)25(35)28-15-5-7-18-17(13-15)22(27)21(24(34)31-18)23-29-19-8-6-16(14-20(19)30-23)33-11-9-32(4)10-12-33/h5-8,13-14H,9-12H2,1-4H3,(H,28,35)(H,29,30)(H3,27,31,34). The van der Waals surface area contributed by atoms with Crippen LogP contribution in [-0.4, -0.2) is 59.0 Å². The highest BCUT2D eigenvalue weighted by Gasteiger charge is 2.22. The summed E-state index contributed by atoms with van der Waals surface area (Å²) in [5.74, 6) is 0.314. The van der Waals surface area contributed by atoms with Crippen LogP contribution in [0.1, 0.15) is 20.8 Å². The number of imidazole rings is 1. The van der Waals surface area contributed by atoms with Crippen LogP contribution in [0.15, 0.2) is 41.2 Å². The number of aromatic nitrogens is 3. The van der Waals surface area contributed by atoms with Crippen LogP contribution < -0.4 is 21.5 Å². The Bertz CT molecular complexity index is 1490. The minimum absolute atomic E-state index is 0.103. The molecule has 182 valence electrons. The normalized spacial score (nSPS) is 15.1. The molecule has 0 bridgehead atoms. The molecule has 2 aromatic heterocycles. The van der Waals surface area contributed by atoms with E-state index in [1.807, 2.05) is 26.8 Å². The molecule has 0 aliphatic carbocycles. The van der Waals surface area contributed by atoms with Gasteiger partial charge in [-0.15, -0.1) is 0 Å². The number of hydrogen-bond donors (Lipinski definition) is 4. The zero-order valence-electron chi connectivity index (χ0n) is 20.5. The summed E-state index contributed by atoms with van der Waals surface area (Å²) < 4.78 is 0. The number of H-pyrrole nitrogens is 2. The molecule has 0 radical (unpaired) electrons. The van der Waals surface area contributed by atoms with E-state index in [0.717, 1.165) is 42.9 Å². The molecule has 0 spiro atoms. The van der Waals surface area contributed by atoms with E-state index in [-0.39, 0.29) is 17.0 Å². The van der Waals surface area contributed by atoms with Crippen LogP contribution >= 0.6 is 0 Å². The monoisotopic (exact) mass is 473 g/mol. The molecule has 0 atom stereocenters. The first-order valence-electron chi connectivity index (χ1n) is 11.8. The number of nitrogen functional groups attached to an aromatic ring is 1. The molecule has 1 aliphatic rings. The molecule has 4 aromatic rings. The molecule has 9 nitrogen and oxygen atoms in total. The van der Waals surface area contributed by atoms with Gasteiger partial charge in [0.05, 0.1) is 22.2 Å². The molecule has 1 fully saturated rings. The van der Waals surface area contributed by atoms with Crippen molar-refractivity contribution < 1.29 is 4.79 Å². The first kappa shape index (κ1) is 22.9. The summed E-state index contributed by atoms with van der Waals surface area (Å²) in [6.45, 7) is 9.53. The minimum Gasteiger partial charge on any atom is -0.397 e. The Kier molecular flexibility index (Phi) is 5.52. The number of fused-ring (bicyclic) bond motifs is 2. The largest absolute Gasteiger partial charge is 0.397 e. The molecule has 1 amide bonds. The van der Waals surface area contributed by atoms with Crippen LogP contribution in [-0.2, 0) is 4.79 Å². The van der Waals surface area contributed by atoms with Crippen molar-refractivity contribution >= 4 is 44.9 Å². The maximum atomic E-state index is 13.0. The Hall–Kier alpha value is -3.85. The molecule has 5 rings (SSSR count). The Labute approximate surface area is 203 Å². The van der Waals surface area contributed by atoms with Gasteiger partial charge in [0, 0.05) is 48.4 Å². The van der Waals surface area contributed by atoms with Crippen molar-refractivity contribution in [2.45, 2.75) is 20.8 Å². The van der Waals surface area contributed by atoms with Crippen molar-refractivity contribution in [3.05, 3.63) is 46.8 Å². The lowest BCUT2D eigenvalue weighted by atomic mass is 9.95. The summed E-state index contributed by atoms with van der Waals surface area (Å²) in [6, 6.07) is 11.4. The second-order valence-corrected chi connectivity index (χ2v) is 10.3. The number of nitrogens with one attached hydrogen (secondary N) is 3. The van der Waals surface area contributed by atoms with E-state index in [1.165, 1.54) is 0 Å². The summed E-state index contributed by atoms with van der Waals surface area (Å²) in [6.07, 6.45) is 0. The van der Waals surface area contributed by atoms with Crippen molar-refractivity contribution in [1.29, 1.82) is 0 Å². The van der Waals surface area contributed by atoms with E-state index < -0.39 is 5.41 Å². The number of nitrogens with zero attached hydrogens (tertiary/aromatic N) is 3. The number of amides is 1. The van der Waals surface area contributed by atoms with Crippen molar-refractivity contribution in [1.82, 2.24) is 19.9 Å². The van der Waals surface area contributed by atoms with Crippen LogP contribution in [0.5, 0.6) is 0 Å². The summed E-state index contributed by atoms with van der Waals surface area (Å²) in [5.41, 5.74) is 10.2. The highest BCUT2D eigenvalue weighted by Crippen LogP contribution is 2.31. The van der Waals surface area contributed by atoms with E-state index in [1.54, 1.807) is 18.2 Å². The van der Waals surface area contributed by atoms with E-state index in [0.29, 0.717) is 28.1 Å². The van der Waals surface area contributed by atoms with Gasteiger partial charge in [-0.2, -0.15) is 0 Å². The van der Waals surface area contributed by atoms with E-state index >= 15 is 0 Å². The fourth-order valence-corrected chi connectivity index (χ4v) is 4.33. The highest BCUT2D eigenvalue weighted by atomic mass is 16.2. The molecule has 0 unspecified atom stereocenters. The minimum atomic E-state index is -0.534. The Morgan fingerprint density at radius 2 is 1.77 bits per heavy atom. The van der Waals surface area contributed by atoms with Crippen molar-refractivity contribution in [3.63, 3.8) is 0 Å². The van der Waals surface area contributed by atoms with E-state index in [4.69, 9.17) is 5.73 Å². The smallest absolute Gasteiger partial charge is 0.261 e. The van der Waals surface area contributed by atoms with Gasteiger partial charge in [-0.3, -0.25) is 9.59 Å². The lowest BCUT2D eigenvalue weighted by molar-refractivity contribution is -0.123. The lowest BCUT2D eigenvalue weighted by Gasteiger charge is -2.34. The fourth-order valence-electron chi connectivity index (χ4n) is 4.33. The summed E-state index contributed by atoms with van der Waals surface area (Å²) >= 11 is 0. The molecule has 9 heteroatoms. The number of piperazine rings is 1. The third kappa shape index (κ3) is 4.35. The van der Waals surface area contributed by atoms with Crippen molar-refractivity contribution in [2.75, 3.05) is 49.2 Å². The number of anilines is 3. The van der Waals surface area contributed by atoms with Gasteiger partial charge in [-0.25, -0.2) is 4.98 Å². The average molecular weight is 474 g/mol. The number of hydrogen-bond acceptors (Lipinski definition) is 6. The summed E-state index contributed by atoms with van der Waals surface area (Å²) in [5, 5.41) is 3.56. The molecule has 3 heterocycles. The second-order valence-electron chi connectivity index (χ2n) is 10.3. The van der Waals surface area contributed by atoms with Gasteiger partial charge >= 0.3 is 0 Å². The Morgan fingerprint density at radius 3 is 2.49 bits per heavy atom. The zero-order chi connectivity index (χ0) is 24.9. The van der Waals surface area contributed by atoms with Crippen LogP contribution in [0.2, 0.25) is 0 Å². The maximum absolute atomic E-state index is 13.0. The quantitative estimate of drug-likeness (QED) is 0.362. The molecule has 1 aliphatic heterocycles. The first-order chi connectivity index (χ1) is 16.6. The Morgan fingerprint density at radius 1 is 1.03 bits per heavy atom. The molecule has 5 N–H and O–H groups in total. The average Bonchev–Trinajstić information content (AvgIpc) is 3.22. The third-order valence-corrected chi connectivity index (χ3v) is 6.56. The lowest BCUT2D eigenvalue weighted by Crippen LogP contribution is -2.44. The number of carbonyl (C=O) groups is 1. The number of rotatable bonds is 3. The van der Waals surface area contributed by atoms with Gasteiger partial charge in [0.2, 0.25) is 5.91 Å². The van der Waals surface area contributed by atoms with Gasteiger partial charge in [0.25, 0.3) is 5.56 Å². The molecule has 35 heavy (non-hydrogen) atoms. The predicted octanol–water partition coefficient (Wildman–Crippen LogP) is 3.39. The highest BCUT2D eigenvalue weighted by molar-refractivity contribution is 6.02. The summed E-state index contributed by atoms with van der Waals surface area (Å²) in [4.78, 5) is 41.0. The zero-order valence-corrected chi connectivity index (χ0v) is 20.5. The molecule has 0 saturated carbocycles. The van der Waals surface area contributed by atoms with Crippen LogP contribution in [0.25, 0.3) is 33.3 Å². The predicted molar refractivity (Wildman–Crippen MR) is 142 cm³/mol. The number of nitrogens with two attached hydrogens (primary N) is 1. The van der Waals surface area contributed by atoms with E-state index in [9.17, 15) is 9.59 Å². The van der Waals surface area contributed by atoms with Crippen molar-refractivity contribution in [2.24, 2.45) is 5.41 Å². The number of benzene rings is 2. The maximum Gasteiger partial charge on any atom is 0.261 e. The fraction of sp³-hybridized carbons (Fsp3) is 0.346. The molecule has 1 saturated heterocycles. The van der Waals surface area contributed by atoms with Crippen molar-refractivity contribution in [3.8, 4) is 11.4 Å². The summed E-state index contributed by atoms with van der Waals surface area (Å²) in [7, 11) is 2.13. The molecule has 2 aromatic carbocycles. The van der Waals surface area contributed by atoms with Crippen LogP contribution in [0, 0.1) is 5.41 Å². The van der Waals surface area contributed by atoms with Crippen LogP contribution in [0.4, 0.5) is 17.1 Å². The van der Waals surface area contributed by atoms with Gasteiger partial charge in [-0.05, 0) is 43.4 Å². The number of likely N-dealkylation sites (N-methyl/N-ethyl adjacent to an activating group) is 1. The molecular formula is C26H31N7O2. The topological polar surface area (TPSA) is 123 Å². The molecular weight excluding hydrogens is 442 g/mol. The van der Waals surface area contributed by atoms with Gasteiger partial charge in [0.15, 0.2) is 0 Å². The third-order valence-electron chi connectivity index (χ3n) is 6.56.